The van der Waals surface area contributed by atoms with E-state index in [1.807, 2.05) is 19.1 Å². The number of ether oxygens (including phenoxy) is 2. The van der Waals surface area contributed by atoms with Crippen molar-refractivity contribution in [2.24, 2.45) is 5.10 Å². The van der Waals surface area contributed by atoms with Gasteiger partial charge in [-0.05, 0) is 60.5 Å². The molecular weight excluding hydrogens is 410 g/mol. The van der Waals surface area contributed by atoms with Gasteiger partial charge in [0.2, 0.25) is 0 Å². The fourth-order valence-corrected chi connectivity index (χ4v) is 2.66. The van der Waals surface area contributed by atoms with Crippen LogP contribution in [0.15, 0.2) is 77.9 Å². The van der Waals surface area contributed by atoms with Crippen LogP contribution in [0, 0.1) is 6.92 Å². The number of hydrogen-bond acceptors (Lipinski definition) is 6. The van der Waals surface area contributed by atoms with Crippen molar-refractivity contribution >= 4 is 29.7 Å². The molecule has 8 heteroatoms. The number of methoxy groups -OCH3 is 1. The van der Waals surface area contributed by atoms with E-state index in [0.717, 1.165) is 5.56 Å². The number of carbonyl (C=O) groups excluding carboxylic acids is 3. The number of amides is 2. The monoisotopic (exact) mass is 431 g/mol. The van der Waals surface area contributed by atoms with Crippen LogP contribution in [0.4, 0.5) is 5.69 Å². The highest BCUT2D eigenvalue weighted by atomic mass is 16.5. The first-order valence-corrected chi connectivity index (χ1v) is 9.62. The third-order valence-electron chi connectivity index (χ3n) is 4.37. The second-order valence-electron chi connectivity index (χ2n) is 6.66. The van der Waals surface area contributed by atoms with Gasteiger partial charge in [0.25, 0.3) is 0 Å². The summed E-state index contributed by atoms with van der Waals surface area (Å²) in [6.45, 7) is 1.82. The number of anilines is 1. The van der Waals surface area contributed by atoms with E-state index in [0.29, 0.717) is 28.3 Å². The number of rotatable bonds is 6. The molecule has 3 rings (SSSR count). The van der Waals surface area contributed by atoms with E-state index in [-0.39, 0.29) is 0 Å². The number of benzene rings is 3. The predicted molar refractivity (Wildman–Crippen MR) is 120 cm³/mol. The standard InChI is InChI=1S/C24H21N3O5/c1-16-6-3-4-9-21(16)26-22(28)23(29)27-25-15-17-7-5-8-20(14-17)32-24(30)18-10-12-19(31-2)13-11-18/h3-15H,1-2H3,(H,26,28)(H,27,29)/b25-15+. The summed E-state index contributed by atoms with van der Waals surface area (Å²) in [7, 11) is 1.54. The van der Waals surface area contributed by atoms with Crippen LogP contribution < -0.4 is 20.2 Å². The van der Waals surface area contributed by atoms with Crippen LogP contribution in [0.2, 0.25) is 0 Å². The maximum absolute atomic E-state index is 12.3. The summed E-state index contributed by atoms with van der Waals surface area (Å²) in [4.78, 5) is 36.2. The van der Waals surface area contributed by atoms with Crippen molar-refractivity contribution in [3.05, 3.63) is 89.5 Å². The van der Waals surface area contributed by atoms with Gasteiger partial charge in [-0.15, -0.1) is 0 Å². The third kappa shape index (κ3) is 6.02. The summed E-state index contributed by atoms with van der Waals surface area (Å²) < 4.78 is 10.4. The lowest BCUT2D eigenvalue weighted by Crippen LogP contribution is -2.32. The highest BCUT2D eigenvalue weighted by Gasteiger charge is 2.13. The molecule has 162 valence electrons. The molecule has 0 bridgehead atoms. The summed E-state index contributed by atoms with van der Waals surface area (Å²) in [5.74, 6) is -1.33. The van der Waals surface area contributed by atoms with Gasteiger partial charge in [-0.1, -0.05) is 30.3 Å². The minimum atomic E-state index is -0.911. The molecule has 32 heavy (non-hydrogen) atoms. The second-order valence-corrected chi connectivity index (χ2v) is 6.66. The van der Waals surface area contributed by atoms with Crippen molar-refractivity contribution < 1.29 is 23.9 Å². The molecule has 0 fully saturated rings. The molecule has 0 aliphatic heterocycles. The first-order valence-electron chi connectivity index (χ1n) is 9.62. The molecule has 0 unspecified atom stereocenters. The second kappa shape index (κ2) is 10.5. The molecule has 8 nitrogen and oxygen atoms in total. The lowest BCUT2D eigenvalue weighted by molar-refractivity contribution is -0.136. The van der Waals surface area contributed by atoms with Gasteiger partial charge in [-0.2, -0.15) is 5.10 Å². The molecule has 0 atom stereocenters. The van der Waals surface area contributed by atoms with Gasteiger partial charge in [-0.25, -0.2) is 10.2 Å². The van der Waals surface area contributed by atoms with E-state index >= 15 is 0 Å². The Labute approximate surface area is 184 Å². The van der Waals surface area contributed by atoms with Crippen molar-refractivity contribution in [1.82, 2.24) is 5.43 Å². The van der Waals surface area contributed by atoms with Crippen LogP contribution in [0.1, 0.15) is 21.5 Å². The highest BCUT2D eigenvalue weighted by Crippen LogP contribution is 2.17. The maximum atomic E-state index is 12.3. The summed E-state index contributed by atoms with van der Waals surface area (Å²) >= 11 is 0. The molecule has 0 radical (unpaired) electrons. The third-order valence-corrected chi connectivity index (χ3v) is 4.37. The summed E-state index contributed by atoms with van der Waals surface area (Å²) in [5.41, 5.74) is 4.47. The average molecular weight is 431 g/mol. The summed E-state index contributed by atoms with van der Waals surface area (Å²) in [6, 6.07) is 20.2. The number of hydrazone groups is 1. The van der Waals surface area contributed by atoms with Crippen molar-refractivity contribution in [2.45, 2.75) is 6.92 Å². The van der Waals surface area contributed by atoms with Gasteiger partial charge >= 0.3 is 17.8 Å². The molecule has 0 saturated heterocycles. The summed E-state index contributed by atoms with van der Waals surface area (Å²) in [6.07, 6.45) is 1.34. The van der Waals surface area contributed by atoms with Gasteiger partial charge in [-0.3, -0.25) is 9.59 Å². The van der Waals surface area contributed by atoms with Crippen LogP contribution in [0.5, 0.6) is 11.5 Å². The Hall–Kier alpha value is -4.46. The van der Waals surface area contributed by atoms with Gasteiger partial charge in [0.15, 0.2) is 0 Å². The molecule has 2 N–H and O–H groups in total. The molecule has 0 spiro atoms. The first kappa shape index (κ1) is 22.2. The molecule has 0 heterocycles. The smallest absolute Gasteiger partial charge is 0.343 e. The number of aryl methyl sites for hydroxylation is 1. The lowest BCUT2D eigenvalue weighted by Gasteiger charge is -2.07. The van der Waals surface area contributed by atoms with Crippen molar-refractivity contribution in [1.29, 1.82) is 0 Å². The Kier molecular flexibility index (Phi) is 7.32. The van der Waals surface area contributed by atoms with E-state index in [9.17, 15) is 14.4 Å². The largest absolute Gasteiger partial charge is 0.497 e. The topological polar surface area (TPSA) is 106 Å². The highest BCUT2D eigenvalue weighted by molar-refractivity contribution is 6.39. The molecule has 0 saturated carbocycles. The summed E-state index contributed by atoms with van der Waals surface area (Å²) in [5, 5.41) is 6.31. The molecule has 3 aromatic rings. The Morgan fingerprint density at radius 3 is 2.34 bits per heavy atom. The number of nitrogens with zero attached hydrogens (tertiary/aromatic N) is 1. The van der Waals surface area contributed by atoms with E-state index in [1.54, 1.807) is 67.8 Å². The van der Waals surface area contributed by atoms with Crippen molar-refractivity contribution in [3.8, 4) is 11.5 Å². The molecule has 3 aromatic carbocycles. The van der Waals surface area contributed by atoms with Crippen molar-refractivity contribution in [2.75, 3.05) is 12.4 Å². The molecule has 2 amide bonds. The number of hydrogen-bond donors (Lipinski definition) is 2. The number of nitrogens with one attached hydrogen (secondary N) is 2. The van der Waals surface area contributed by atoms with Crippen LogP contribution in [0.3, 0.4) is 0 Å². The first-order chi connectivity index (χ1) is 15.5. The number of carbonyl (C=O) groups is 3. The lowest BCUT2D eigenvalue weighted by atomic mass is 10.2. The zero-order chi connectivity index (χ0) is 22.9. The minimum absolute atomic E-state index is 0.304. The minimum Gasteiger partial charge on any atom is -0.497 e. The van der Waals surface area contributed by atoms with E-state index in [4.69, 9.17) is 9.47 Å². The van der Waals surface area contributed by atoms with Crippen molar-refractivity contribution in [3.63, 3.8) is 0 Å². The predicted octanol–water partition coefficient (Wildman–Crippen LogP) is 3.31. The van der Waals surface area contributed by atoms with Crippen LogP contribution in [0.25, 0.3) is 0 Å². The van der Waals surface area contributed by atoms with Crippen LogP contribution >= 0.6 is 0 Å². The quantitative estimate of drug-likeness (QED) is 0.205. The zero-order valence-corrected chi connectivity index (χ0v) is 17.5. The van der Waals surface area contributed by atoms with Gasteiger partial charge in [0, 0.05) is 5.69 Å². The maximum Gasteiger partial charge on any atom is 0.343 e. The molecule has 0 aromatic heterocycles. The Morgan fingerprint density at radius 1 is 0.875 bits per heavy atom. The van der Waals surface area contributed by atoms with E-state index in [2.05, 4.69) is 15.8 Å². The number of esters is 1. The van der Waals surface area contributed by atoms with Gasteiger partial charge < -0.3 is 14.8 Å². The molecular formula is C24H21N3O5. The van der Waals surface area contributed by atoms with Gasteiger partial charge in [0.1, 0.15) is 11.5 Å². The Bertz CT molecular complexity index is 1160. The van der Waals surface area contributed by atoms with Gasteiger partial charge in [0.05, 0.1) is 18.9 Å². The molecule has 0 aliphatic rings. The fourth-order valence-electron chi connectivity index (χ4n) is 2.66. The average Bonchev–Trinajstić information content (AvgIpc) is 2.80. The normalized spacial score (nSPS) is 10.4. The van der Waals surface area contributed by atoms with Crippen LogP contribution in [-0.4, -0.2) is 31.1 Å². The fraction of sp³-hybridized carbons (Fsp3) is 0.0833. The number of para-hydroxylation sites is 1. The van der Waals surface area contributed by atoms with E-state index in [1.165, 1.54) is 6.21 Å². The Morgan fingerprint density at radius 2 is 1.62 bits per heavy atom. The zero-order valence-electron chi connectivity index (χ0n) is 17.5. The Balaban J connectivity index is 1.56. The molecule has 0 aliphatic carbocycles. The van der Waals surface area contributed by atoms with E-state index < -0.39 is 17.8 Å². The van der Waals surface area contributed by atoms with Crippen LogP contribution in [-0.2, 0) is 9.59 Å². The SMILES string of the molecule is COc1ccc(C(=O)Oc2cccc(/C=N/NC(=O)C(=O)Nc3ccccc3C)c2)cc1.